The number of aromatic nitrogens is 2. The molecule has 1 aromatic carbocycles. The van der Waals surface area contributed by atoms with Crippen molar-refractivity contribution < 1.29 is 24.2 Å². The molecule has 26 heavy (non-hydrogen) atoms. The average molecular weight is 359 g/mol. The molecule has 0 bridgehead atoms. The highest BCUT2D eigenvalue weighted by Gasteiger charge is 2.42. The van der Waals surface area contributed by atoms with Crippen LogP contribution in [0.25, 0.3) is 0 Å². The number of likely N-dealkylation sites (tertiary alicyclic amines) is 1. The molecule has 3 rings (SSSR count). The van der Waals surface area contributed by atoms with Crippen molar-refractivity contribution in [1.29, 1.82) is 0 Å². The lowest BCUT2D eigenvalue weighted by Crippen LogP contribution is -2.29. The van der Waals surface area contributed by atoms with E-state index in [0.717, 1.165) is 5.56 Å². The summed E-state index contributed by atoms with van der Waals surface area (Å²) in [6.45, 7) is 0.419. The van der Waals surface area contributed by atoms with E-state index in [1.54, 1.807) is 35.0 Å². The topological polar surface area (TPSA) is 93.9 Å². The monoisotopic (exact) mass is 359 g/mol. The summed E-state index contributed by atoms with van der Waals surface area (Å²) in [4.78, 5) is 26.1. The summed E-state index contributed by atoms with van der Waals surface area (Å²) < 4.78 is 12.3. The summed E-state index contributed by atoms with van der Waals surface area (Å²) in [6, 6.07) is 5.37. The van der Waals surface area contributed by atoms with Gasteiger partial charge in [0.1, 0.15) is 0 Å². The molecule has 0 saturated carbocycles. The Balaban J connectivity index is 1.94. The maximum atomic E-state index is 12.7. The summed E-state index contributed by atoms with van der Waals surface area (Å²) in [5.41, 5.74) is 1.16. The van der Waals surface area contributed by atoms with Crippen LogP contribution >= 0.6 is 0 Å². The number of amides is 1. The van der Waals surface area contributed by atoms with Crippen LogP contribution in [0.1, 0.15) is 21.8 Å². The standard InChI is InChI=1S/C18H21N3O5/c1-20-8-11(7-19-20)17(22)21-9-13(14(10-21)18(23)24)12-5-4-6-15(25-2)16(12)26-3/h4-8,13-14H,9-10H2,1-3H3,(H,23,24)/t13-,14+/m1/s1. The minimum Gasteiger partial charge on any atom is -0.493 e. The van der Waals surface area contributed by atoms with Crippen LogP contribution in [0.2, 0.25) is 0 Å². The fourth-order valence-corrected chi connectivity index (χ4v) is 3.45. The number of hydrogen-bond donors (Lipinski definition) is 1. The van der Waals surface area contributed by atoms with Crippen LogP contribution in [0.3, 0.4) is 0 Å². The molecular weight excluding hydrogens is 338 g/mol. The summed E-state index contributed by atoms with van der Waals surface area (Å²) in [5.74, 6) is -1.25. The smallest absolute Gasteiger partial charge is 0.308 e. The molecule has 1 aliphatic heterocycles. The number of rotatable bonds is 5. The number of carboxylic acids is 1. The van der Waals surface area contributed by atoms with Crippen LogP contribution in [0.4, 0.5) is 0 Å². The quantitative estimate of drug-likeness (QED) is 0.867. The van der Waals surface area contributed by atoms with Crippen molar-refractivity contribution in [2.45, 2.75) is 5.92 Å². The third-order valence-electron chi connectivity index (χ3n) is 4.71. The maximum absolute atomic E-state index is 12.7. The first-order valence-electron chi connectivity index (χ1n) is 8.17. The highest BCUT2D eigenvalue weighted by atomic mass is 16.5. The molecule has 0 spiro atoms. The van der Waals surface area contributed by atoms with Gasteiger partial charge < -0.3 is 19.5 Å². The summed E-state index contributed by atoms with van der Waals surface area (Å²) in [5, 5.41) is 13.7. The van der Waals surface area contributed by atoms with Gasteiger partial charge in [-0.2, -0.15) is 5.10 Å². The third kappa shape index (κ3) is 3.10. The Hall–Kier alpha value is -3.03. The SMILES string of the molecule is COc1cccc([C@H]2CN(C(=O)c3cnn(C)c3)C[C@@H]2C(=O)O)c1OC. The van der Waals surface area contributed by atoms with E-state index in [4.69, 9.17) is 9.47 Å². The Morgan fingerprint density at radius 1 is 1.23 bits per heavy atom. The zero-order valence-corrected chi connectivity index (χ0v) is 14.9. The van der Waals surface area contributed by atoms with Crippen LogP contribution in [0.15, 0.2) is 30.6 Å². The lowest BCUT2D eigenvalue weighted by Gasteiger charge is -2.20. The van der Waals surface area contributed by atoms with Crippen LogP contribution < -0.4 is 9.47 Å². The number of nitrogens with zero attached hydrogens (tertiary/aromatic N) is 3. The Morgan fingerprint density at radius 3 is 2.58 bits per heavy atom. The van der Waals surface area contributed by atoms with Crippen LogP contribution in [-0.4, -0.2) is 59.0 Å². The largest absolute Gasteiger partial charge is 0.493 e. The molecule has 1 aromatic heterocycles. The molecule has 2 aromatic rings. The number of aryl methyl sites for hydroxylation is 1. The fraction of sp³-hybridized carbons (Fsp3) is 0.389. The van der Waals surface area contributed by atoms with Gasteiger partial charge >= 0.3 is 5.97 Å². The van der Waals surface area contributed by atoms with E-state index in [-0.39, 0.29) is 19.0 Å². The number of hydrogen-bond acceptors (Lipinski definition) is 5. The van der Waals surface area contributed by atoms with Crippen molar-refractivity contribution >= 4 is 11.9 Å². The van der Waals surface area contributed by atoms with E-state index in [9.17, 15) is 14.7 Å². The maximum Gasteiger partial charge on any atom is 0.308 e. The predicted octanol–water partition coefficient (Wildman–Crippen LogP) is 1.38. The second kappa shape index (κ2) is 7.07. The second-order valence-electron chi connectivity index (χ2n) is 6.25. The molecule has 0 unspecified atom stereocenters. The number of para-hydroxylation sites is 1. The Kier molecular flexibility index (Phi) is 4.83. The molecule has 0 aliphatic carbocycles. The molecule has 1 N–H and O–H groups in total. The lowest BCUT2D eigenvalue weighted by atomic mass is 9.88. The van der Waals surface area contributed by atoms with Crippen LogP contribution in [0.5, 0.6) is 11.5 Å². The first-order chi connectivity index (χ1) is 12.5. The van der Waals surface area contributed by atoms with Gasteiger partial charge in [-0.05, 0) is 6.07 Å². The zero-order chi connectivity index (χ0) is 18.8. The van der Waals surface area contributed by atoms with Crippen molar-refractivity contribution in [3.63, 3.8) is 0 Å². The van der Waals surface area contributed by atoms with Crippen molar-refractivity contribution in [2.75, 3.05) is 27.3 Å². The molecule has 8 nitrogen and oxygen atoms in total. The van der Waals surface area contributed by atoms with Gasteiger partial charge in [0.15, 0.2) is 11.5 Å². The highest BCUT2D eigenvalue weighted by molar-refractivity contribution is 5.94. The van der Waals surface area contributed by atoms with E-state index in [1.807, 2.05) is 6.07 Å². The second-order valence-corrected chi connectivity index (χ2v) is 6.25. The number of benzene rings is 1. The van der Waals surface area contributed by atoms with Crippen LogP contribution in [-0.2, 0) is 11.8 Å². The van der Waals surface area contributed by atoms with Crippen molar-refractivity contribution in [1.82, 2.24) is 14.7 Å². The molecular formula is C18H21N3O5. The van der Waals surface area contributed by atoms with Crippen molar-refractivity contribution in [3.8, 4) is 11.5 Å². The van der Waals surface area contributed by atoms with E-state index < -0.39 is 17.8 Å². The number of methoxy groups -OCH3 is 2. The van der Waals surface area contributed by atoms with E-state index >= 15 is 0 Å². The Morgan fingerprint density at radius 2 is 2.00 bits per heavy atom. The lowest BCUT2D eigenvalue weighted by molar-refractivity contribution is -0.141. The predicted molar refractivity (Wildman–Crippen MR) is 92.5 cm³/mol. The van der Waals surface area contributed by atoms with Gasteiger partial charge in [-0.25, -0.2) is 0 Å². The molecule has 0 radical (unpaired) electrons. The molecule has 2 atom stereocenters. The summed E-state index contributed by atoms with van der Waals surface area (Å²) in [6.07, 6.45) is 3.11. The molecule has 8 heteroatoms. The van der Waals surface area contributed by atoms with E-state index in [0.29, 0.717) is 17.1 Å². The third-order valence-corrected chi connectivity index (χ3v) is 4.71. The Labute approximate surface area is 150 Å². The highest BCUT2D eigenvalue weighted by Crippen LogP contribution is 2.42. The molecule has 1 aliphatic rings. The van der Waals surface area contributed by atoms with Crippen molar-refractivity contribution in [3.05, 3.63) is 41.7 Å². The molecule has 1 amide bonds. The summed E-state index contributed by atoms with van der Waals surface area (Å²) >= 11 is 0. The first-order valence-corrected chi connectivity index (χ1v) is 8.17. The minimum absolute atomic E-state index is 0.133. The number of carboxylic acid groups (broad SMARTS) is 1. The molecule has 138 valence electrons. The van der Waals surface area contributed by atoms with Gasteiger partial charge in [0, 0.05) is 37.8 Å². The van der Waals surface area contributed by atoms with Gasteiger partial charge in [0.25, 0.3) is 5.91 Å². The fourth-order valence-electron chi connectivity index (χ4n) is 3.45. The van der Waals surface area contributed by atoms with E-state index in [1.165, 1.54) is 20.4 Å². The number of aliphatic carboxylic acids is 1. The summed E-state index contributed by atoms with van der Waals surface area (Å²) in [7, 11) is 4.78. The number of carbonyl (C=O) groups is 2. The van der Waals surface area contributed by atoms with E-state index in [2.05, 4.69) is 5.10 Å². The van der Waals surface area contributed by atoms with Crippen LogP contribution in [0, 0.1) is 5.92 Å². The molecule has 1 fully saturated rings. The van der Waals surface area contributed by atoms with Crippen molar-refractivity contribution in [2.24, 2.45) is 13.0 Å². The molecule has 1 saturated heterocycles. The van der Waals surface area contributed by atoms with Gasteiger partial charge in [-0.3, -0.25) is 14.3 Å². The normalized spacial score (nSPS) is 19.4. The van der Waals surface area contributed by atoms with Gasteiger partial charge in [0.05, 0.1) is 31.9 Å². The zero-order valence-electron chi connectivity index (χ0n) is 14.9. The Bertz CT molecular complexity index is 832. The minimum atomic E-state index is -0.943. The van der Waals surface area contributed by atoms with Gasteiger partial charge in [-0.1, -0.05) is 12.1 Å². The van der Waals surface area contributed by atoms with Gasteiger partial charge in [-0.15, -0.1) is 0 Å². The van der Waals surface area contributed by atoms with Gasteiger partial charge in [0.2, 0.25) is 0 Å². The first kappa shape index (κ1) is 17.8. The average Bonchev–Trinajstić information content (AvgIpc) is 3.27. The number of ether oxygens (including phenoxy) is 2. The molecule has 2 heterocycles. The number of carbonyl (C=O) groups excluding carboxylic acids is 1.